The SMILES string of the molecule is CCC[C](CCCCCCOCC)CCCCCOCC(C)C. The fraction of sp³-hybridized carbons (Fsp3) is 0.952. The van der Waals surface area contributed by atoms with Crippen molar-refractivity contribution >= 4 is 0 Å². The molecule has 0 fully saturated rings. The second-order valence-corrected chi connectivity index (χ2v) is 7.14. The molecule has 0 aliphatic heterocycles. The molecule has 0 heterocycles. The Hall–Kier alpha value is -0.0800. The molecule has 2 heteroatoms. The summed E-state index contributed by atoms with van der Waals surface area (Å²) in [5, 5.41) is 0. The van der Waals surface area contributed by atoms with Gasteiger partial charge in [-0.25, -0.2) is 0 Å². The molecule has 2 nitrogen and oxygen atoms in total. The molecule has 0 unspecified atom stereocenters. The van der Waals surface area contributed by atoms with Crippen molar-refractivity contribution < 1.29 is 9.47 Å². The van der Waals surface area contributed by atoms with Crippen LogP contribution in [0.1, 0.15) is 98.3 Å². The van der Waals surface area contributed by atoms with E-state index >= 15 is 0 Å². The van der Waals surface area contributed by atoms with Gasteiger partial charge in [-0.3, -0.25) is 0 Å². The van der Waals surface area contributed by atoms with Gasteiger partial charge in [-0.15, -0.1) is 0 Å². The van der Waals surface area contributed by atoms with E-state index in [0.29, 0.717) is 5.92 Å². The van der Waals surface area contributed by atoms with Crippen molar-refractivity contribution in [3.8, 4) is 0 Å². The molecule has 0 bridgehead atoms. The molecule has 1 radical (unpaired) electrons. The summed E-state index contributed by atoms with van der Waals surface area (Å²) in [6, 6.07) is 0. The minimum atomic E-state index is 0.660. The first-order valence-corrected chi connectivity index (χ1v) is 10.2. The molecule has 0 spiro atoms. The molecule has 0 aromatic carbocycles. The maximum absolute atomic E-state index is 5.65. The van der Waals surface area contributed by atoms with Crippen LogP contribution in [0.4, 0.5) is 0 Å². The normalized spacial score (nSPS) is 11.7. The molecule has 0 saturated carbocycles. The zero-order chi connectivity index (χ0) is 17.2. The Morgan fingerprint density at radius 1 is 0.696 bits per heavy atom. The van der Waals surface area contributed by atoms with E-state index in [0.717, 1.165) is 26.4 Å². The third-order valence-corrected chi connectivity index (χ3v) is 4.15. The molecule has 0 atom stereocenters. The molecule has 0 aromatic heterocycles. The van der Waals surface area contributed by atoms with Crippen LogP contribution in [0.25, 0.3) is 0 Å². The van der Waals surface area contributed by atoms with Gasteiger partial charge < -0.3 is 9.47 Å². The summed E-state index contributed by atoms with van der Waals surface area (Å²) in [6.07, 6.45) is 14.5. The number of ether oxygens (including phenoxy) is 2. The maximum atomic E-state index is 5.65. The molecule has 0 aromatic rings. The Balaban J connectivity index is 3.47. The van der Waals surface area contributed by atoms with Gasteiger partial charge in [-0.2, -0.15) is 0 Å². The van der Waals surface area contributed by atoms with Crippen LogP contribution in [-0.2, 0) is 9.47 Å². The summed E-state index contributed by atoms with van der Waals surface area (Å²) >= 11 is 0. The van der Waals surface area contributed by atoms with Gasteiger partial charge in [0.2, 0.25) is 0 Å². The Kier molecular flexibility index (Phi) is 18.2. The van der Waals surface area contributed by atoms with Crippen LogP contribution in [-0.4, -0.2) is 26.4 Å². The Labute approximate surface area is 146 Å². The lowest BCUT2D eigenvalue weighted by molar-refractivity contribution is 0.106. The summed E-state index contributed by atoms with van der Waals surface area (Å²) in [7, 11) is 0. The fourth-order valence-electron chi connectivity index (χ4n) is 2.88. The van der Waals surface area contributed by atoms with Crippen LogP contribution < -0.4 is 0 Å². The van der Waals surface area contributed by atoms with Crippen LogP contribution in [0.2, 0.25) is 0 Å². The zero-order valence-corrected chi connectivity index (χ0v) is 16.5. The third-order valence-electron chi connectivity index (χ3n) is 4.15. The number of hydrogen-bond acceptors (Lipinski definition) is 2. The van der Waals surface area contributed by atoms with E-state index < -0.39 is 0 Å². The molecule has 0 amide bonds. The van der Waals surface area contributed by atoms with Crippen LogP contribution in [0.15, 0.2) is 0 Å². The van der Waals surface area contributed by atoms with Gasteiger partial charge in [-0.05, 0) is 50.9 Å². The van der Waals surface area contributed by atoms with E-state index in [1.165, 1.54) is 70.6 Å². The zero-order valence-electron chi connectivity index (χ0n) is 16.5. The van der Waals surface area contributed by atoms with Crippen molar-refractivity contribution in [1.82, 2.24) is 0 Å². The van der Waals surface area contributed by atoms with Crippen molar-refractivity contribution in [3.05, 3.63) is 5.92 Å². The highest BCUT2D eigenvalue weighted by Crippen LogP contribution is 2.24. The molecule has 0 rings (SSSR count). The van der Waals surface area contributed by atoms with Crippen molar-refractivity contribution in [2.24, 2.45) is 5.92 Å². The summed E-state index contributed by atoms with van der Waals surface area (Å²) in [4.78, 5) is 0. The fourth-order valence-corrected chi connectivity index (χ4v) is 2.88. The van der Waals surface area contributed by atoms with Gasteiger partial charge in [0.05, 0.1) is 0 Å². The van der Waals surface area contributed by atoms with Crippen molar-refractivity contribution in [2.45, 2.75) is 98.3 Å². The smallest absolute Gasteiger partial charge is 0.0488 e. The average Bonchev–Trinajstić information content (AvgIpc) is 2.52. The van der Waals surface area contributed by atoms with E-state index in [1.807, 2.05) is 0 Å². The summed E-state index contributed by atoms with van der Waals surface area (Å²) in [6.45, 7) is 12.5. The van der Waals surface area contributed by atoms with Gasteiger partial charge in [-0.1, -0.05) is 59.3 Å². The average molecular weight is 328 g/mol. The highest BCUT2D eigenvalue weighted by atomic mass is 16.5. The Bertz CT molecular complexity index is 216. The van der Waals surface area contributed by atoms with Crippen molar-refractivity contribution in [2.75, 3.05) is 26.4 Å². The standard InChI is InChI=1S/C21H43O2/c1-5-14-21(15-10-7-8-12-17-22-6-2)16-11-9-13-18-23-19-20(3)4/h20H,5-19H2,1-4H3. The van der Waals surface area contributed by atoms with E-state index in [2.05, 4.69) is 27.7 Å². The molecule has 23 heavy (non-hydrogen) atoms. The van der Waals surface area contributed by atoms with Gasteiger partial charge in [0.15, 0.2) is 0 Å². The van der Waals surface area contributed by atoms with Gasteiger partial charge >= 0.3 is 0 Å². The predicted octanol–water partition coefficient (Wildman–Crippen LogP) is 6.58. The third kappa shape index (κ3) is 18.1. The second kappa shape index (κ2) is 18.3. The van der Waals surface area contributed by atoms with Crippen molar-refractivity contribution in [3.63, 3.8) is 0 Å². The highest BCUT2D eigenvalue weighted by molar-refractivity contribution is 4.88. The molecular formula is C21H43O2. The largest absolute Gasteiger partial charge is 0.382 e. The van der Waals surface area contributed by atoms with E-state index in [4.69, 9.17) is 9.47 Å². The van der Waals surface area contributed by atoms with Gasteiger partial charge in [0.25, 0.3) is 0 Å². The van der Waals surface area contributed by atoms with Crippen LogP contribution in [0.5, 0.6) is 0 Å². The molecule has 0 saturated heterocycles. The number of unbranched alkanes of at least 4 members (excludes halogenated alkanes) is 5. The summed E-state index contributed by atoms with van der Waals surface area (Å²) in [5.74, 6) is 2.47. The van der Waals surface area contributed by atoms with Crippen LogP contribution in [0, 0.1) is 11.8 Å². The topological polar surface area (TPSA) is 18.5 Å². The second-order valence-electron chi connectivity index (χ2n) is 7.14. The molecule has 0 aliphatic carbocycles. The minimum absolute atomic E-state index is 0.660. The predicted molar refractivity (Wildman–Crippen MR) is 102 cm³/mol. The maximum Gasteiger partial charge on any atom is 0.0488 e. The highest BCUT2D eigenvalue weighted by Gasteiger charge is 2.08. The van der Waals surface area contributed by atoms with E-state index in [-0.39, 0.29) is 0 Å². The molecule has 139 valence electrons. The Morgan fingerprint density at radius 2 is 1.26 bits per heavy atom. The molecule has 0 aliphatic rings. The van der Waals surface area contributed by atoms with Crippen LogP contribution >= 0.6 is 0 Å². The summed E-state index contributed by atoms with van der Waals surface area (Å²) in [5.41, 5.74) is 0. The first kappa shape index (κ1) is 22.9. The van der Waals surface area contributed by atoms with Crippen molar-refractivity contribution in [1.29, 1.82) is 0 Å². The quantitative estimate of drug-likeness (QED) is 0.265. The first-order chi connectivity index (χ1) is 11.2. The summed E-state index contributed by atoms with van der Waals surface area (Å²) < 4.78 is 11.0. The van der Waals surface area contributed by atoms with Gasteiger partial charge in [0.1, 0.15) is 0 Å². The number of hydrogen-bond donors (Lipinski definition) is 0. The lowest BCUT2D eigenvalue weighted by Gasteiger charge is -2.15. The lowest BCUT2D eigenvalue weighted by Crippen LogP contribution is -2.03. The number of rotatable bonds is 18. The molecule has 0 N–H and O–H groups in total. The Morgan fingerprint density at radius 3 is 1.83 bits per heavy atom. The molecular weight excluding hydrogens is 284 g/mol. The monoisotopic (exact) mass is 327 g/mol. The lowest BCUT2D eigenvalue weighted by atomic mass is 9.91. The van der Waals surface area contributed by atoms with E-state index in [9.17, 15) is 0 Å². The first-order valence-electron chi connectivity index (χ1n) is 10.2. The van der Waals surface area contributed by atoms with Gasteiger partial charge in [0, 0.05) is 26.4 Å². The minimum Gasteiger partial charge on any atom is -0.382 e. The van der Waals surface area contributed by atoms with Crippen LogP contribution in [0.3, 0.4) is 0 Å². The van der Waals surface area contributed by atoms with E-state index in [1.54, 1.807) is 5.92 Å².